The number of hydrogen-bond donors (Lipinski definition) is 1. The molecule has 1 N–H and O–H groups in total. The third-order valence-corrected chi connectivity index (χ3v) is 5.45. The van der Waals surface area contributed by atoms with Gasteiger partial charge in [-0.2, -0.15) is 0 Å². The molecule has 0 saturated carbocycles. The summed E-state index contributed by atoms with van der Waals surface area (Å²) in [5.74, 6) is 1.81. The molecule has 118 valence electrons. The molecule has 2 unspecified atom stereocenters. The van der Waals surface area contributed by atoms with Gasteiger partial charge in [0.15, 0.2) is 5.78 Å². The van der Waals surface area contributed by atoms with Crippen molar-refractivity contribution in [2.75, 3.05) is 18.2 Å². The fraction of sp³-hybridized carbons (Fsp3) is 0.529. The van der Waals surface area contributed by atoms with Gasteiger partial charge in [-0.1, -0.05) is 17.7 Å². The van der Waals surface area contributed by atoms with Gasteiger partial charge in [0.1, 0.15) is 0 Å². The van der Waals surface area contributed by atoms with Crippen molar-refractivity contribution >= 4 is 23.5 Å². The Kier molecular flexibility index (Phi) is 4.54. The number of aryl methyl sites for hydroxylation is 2. The molecule has 1 amide bonds. The number of nitrogens with one attached hydrogen (secondary N) is 1. The van der Waals surface area contributed by atoms with E-state index >= 15 is 0 Å². The van der Waals surface area contributed by atoms with Crippen LogP contribution < -0.4 is 5.32 Å². The van der Waals surface area contributed by atoms with Gasteiger partial charge in [0.25, 0.3) is 0 Å². The Labute approximate surface area is 135 Å². The van der Waals surface area contributed by atoms with Crippen molar-refractivity contribution in [1.82, 2.24) is 10.2 Å². The van der Waals surface area contributed by atoms with Crippen molar-refractivity contribution < 1.29 is 9.59 Å². The Morgan fingerprint density at radius 3 is 2.86 bits per heavy atom. The maximum Gasteiger partial charge on any atom is 0.241 e. The Morgan fingerprint density at radius 1 is 1.32 bits per heavy atom. The van der Waals surface area contributed by atoms with E-state index in [1.165, 1.54) is 0 Å². The number of ketones is 1. The molecule has 2 saturated heterocycles. The van der Waals surface area contributed by atoms with E-state index in [4.69, 9.17) is 0 Å². The second kappa shape index (κ2) is 6.42. The van der Waals surface area contributed by atoms with Crippen LogP contribution in [0.2, 0.25) is 0 Å². The van der Waals surface area contributed by atoms with Gasteiger partial charge in [0.2, 0.25) is 5.91 Å². The number of rotatable bonds is 3. The smallest absolute Gasteiger partial charge is 0.241 e. The van der Waals surface area contributed by atoms with Crippen LogP contribution >= 0.6 is 11.8 Å². The van der Waals surface area contributed by atoms with Crippen molar-refractivity contribution in [3.63, 3.8) is 0 Å². The number of likely N-dealkylation sites (tertiary alicyclic amines) is 1. The number of carbonyl (C=O) groups is 2. The number of carbonyl (C=O) groups excluding carboxylic acids is 2. The minimum absolute atomic E-state index is 0.0890. The average molecular weight is 318 g/mol. The lowest BCUT2D eigenvalue weighted by atomic mass is 9.96. The van der Waals surface area contributed by atoms with Gasteiger partial charge in [0.05, 0.1) is 12.1 Å². The summed E-state index contributed by atoms with van der Waals surface area (Å²) in [7, 11) is 0. The predicted octanol–water partition coefficient (Wildman–Crippen LogP) is 2.14. The van der Waals surface area contributed by atoms with Crippen LogP contribution in [0, 0.1) is 13.8 Å². The van der Waals surface area contributed by atoms with Gasteiger partial charge in [-0.05, 0) is 38.3 Å². The van der Waals surface area contributed by atoms with E-state index in [1.807, 2.05) is 32.0 Å². The van der Waals surface area contributed by atoms with Crippen LogP contribution in [0.5, 0.6) is 0 Å². The molecule has 0 bridgehead atoms. The molecule has 2 aliphatic heterocycles. The molecule has 3 rings (SSSR count). The van der Waals surface area contributed by atoms with Crippen LogP contribution in [0.15, 0.2) is 18.2 Å². The summed E-state index contributed by atoms with van der Waals surface area (Å²) in [6.45, 7) is 4.65. The van der Waals surface area contributed by atoms with Crippen LogP contribution in [0.3, 0.4) is 0 Å². The largest absolute Gasteiger partial charge is 0.331 e. The lowest BCUT2D eigenvalue weighted by molar-refractivity contribution is -0.132. The molecular weight excluding hydrogens is 296 g/mol. The van der Waals surface area contributed by atoms with Gasteiger partial charge in [-0.3, -0.25) is 14.9 Å². The molecule has 0 aromatic heterocycles. The zero-order valence-electron chi connectivity index (χ0n) is 13.1. The normalized spacial score (nSPS) is 24.7. The summed E-state index contributed by atoms with van der Waals surface area (Å²) >= 11 is 1.74. The van der Waals surface area contributed by atoms with Crippen LogP contribution in [0.25, 0.3) is 0 Å². The van der Waals surface area contributed by atoms with Crippen molar-refractivity contribution in [3.8, 4) is 0 Å². The first kappa shape index (κ1) is 15.6. The molecule has 1 aromatic rings. The number of amides is 1. The van der Waals surface area contributed by atoms with Crippen LogP contribution in [-0.2, 0) is 4.79 Å². The Bertz CT molecular complexity index is 596. The second-order valence-corrected chi connectivity index (χ2v) is 7.17. The van der Waals surface area contributed by atoms with E-state index in [-0.39, 0.29) is 23.8 Å². The van der Waals surface area contributed by atoms with Crippen molar-refractivity contribution in [1.29, 1.82) is 0 Å². The Hall–Kier alpha value is -1.33. The fourth-order valence-corrected chi connectivity index (χ4v) is 4.17. The minimum atomic E-state index is -0.291. The monoisotopic (exact) mass is 318 g/mol. The molecule has 4 nitrogen and oxygen atoms in total. The van der Waals surface area contributed by atoms with Crippen molar-refractivity contribution in [2.24, 2.45) is 0 Å². The maximum absolute atomic E-state index is 12.9. The molecule has 2 heterocycles. The zero-order valence-corrected chi connectivity index (χ0v) is 13.9. The fourth-order valence-electron chi connectivity index (χ4n) is 3.24. The van der Waals surface area contributed by atoms with E-state index in [1.54, 1.807) is 16.7 Å². The first-order valence-electron chi connectivity index (χ1n) is 7.81. The lowest BCUT2D eigenvalue weighted by Gasteiger charge is -2.26. The van der Waals surface area contributed by atoms with Crippen molar-refractivity contribution in [3.05, 3.63) is 34.9 Å². The van der Waals surface area contributed by atoms with Crippen LogP contribution in [0.4, 0.5) is 0 Å². The first-order valence-corrected chi connectivity index (χ1v) is 8.96. The highest BCUT2D eigenvalue weighted by Crippen LogP contribution is 2.25. The Morgan fingerprint density at radius 2 is 2.14 bits per heavy atom. The minimum Gasteiger partial charge on any atom is -0.331 e. The molecule has 22 heavy (non-hydrogen) atoms. The summed E-state index contributed by atoms with van der Waals surface area (Å²) in [5.41, 5.74) is 2.83. The third-order valence-electron chi connectivity index (χ3n) is 4.51. The topological polar surface area (TPSA) is 49.4 Å². The number of thioether (sulfide) groups is 1. The lowest BCUT2D eigenvalue weighted by Crippen LogP contribution is -2.49. The zero-order chi connectivity index (χ0) is 15.7. The molecule has 0 spiro atoms. The maximum atomic E-state index is 12.9. The third kappa shape index (κ3) is 2.92. The van der Waals surface area contributed by atoms with Crippen LogP contribution in [-0.4, -0.2) is 46.8 Å². The molecular formula is C17H22N2O2S. The summed E-state index contributed by atoms with van der Waals surface area (Å²) in [6.07, 6.45) is 1.69. The number of hydrogen-bond acceptors (Lipinski definition) is 4. The molecule has 5 heteroatoms. The molecule has 2 fully saturated rings. The number of benzene rings is 1. The molecule has 2 atom stereocenters. The van der Waals surface area contributed by atoms with E-state index in [2.05, 4.69) is 5.32 Å². The summed E-state index contributed by atoms with van der Waals surface area (Å²) in [4.78, 5) is 27.4. The number of Topliss-reactive ketones (excluding diaryl/α,β-unsaturated/α-hetero) is 1. The van der Waals surface area contributed by atoms with E-state index in [9.17, 15) is 9.59 Å². The molecule has 0 aliphatic carbocycles. The Balaban J connectivity index is 1.81. The van der Waals surface area contributed by atoms with Crippen molar-refractivity contribution in [2.45, 2.75) is 38.8 Å². The average Bonchev–Trinajstić information content (AvgIpc) is 3.19. The molecule has 0 radical (unpaired) electrons. The second-order valence-electron chi connectivity index (χ2n) is 6.14. The summed E-state index contributed by atoms with van der Waals surface area (Å²) in [5, 5.41) is 3.21. The van der Waals surface area contributed by atoms with E-state index in [0.29, 0.717) is 6.54 Å². The van der Waals surface area contributed by atoms with Gasteiger partial charge in [-0.25, -0.2) is 0 Å². The van der Waals surface area contributed by atoms with E-state index < -0.39 is 0 Å². The molecule has 1 aromatic carbocycles. The van der Waals surface area contributed by atoms with Gasteiger partial charge >= 0.3 is 0 Å². The predicted molar refractivity (Wildman–Crippen MR) is 89.2 cm³/mol. The molecule has 2 aliphatic rings. The van der Waals surface area contributed by atoms with E-state index in [0.717, 1.165) is 41.2 Å². The summed E-state index contributed by atoms with van der Waals surface area (Å²) in [6, 6.07) is 5.53. The standard InChI is InChI=1S/C17H22N2O2S/c1-11-5-6-12(2)13(8-11)16(20)15-4-3-7-19(15)17(21)14-9-22-10-18-14/h5-6,8,14-15,18H,3-4,7,9-10H2,1-2H3. The van der Waals surface area contributed by atoms with Gasteiger partial charge in [0, 0.05) is 23.7 Å². The highest BCUT2D eigenvalue weighted by Gasteiger charge is 2.38. The van der Waals surface area contributed by atoms with Gasteiger partial charge in [-0.15, -0.1) is 11.8 Å². The SMILES string of the molecule is Cc1ccc(C)c(C(=O)C2CCCN2C(=O)C2CSCN2)c1. The summed E-state index contributed by atoms with van der Waals surface area (Å²) < 4.78 is 0. The van der Waals surface area contributed by atoms with Crippen LogP contribution in [0.1, 0.15) is 34.3 Å². The highest BCUT2D eigenvalue weighted by atomic mass is 32.2. The first-order chi connectivity index (χ1) is 10.6. The van der Waals surface area contributed by atoms with Gasteiger partial charge < -0.3 is 4.90 Å². The highest BCUT2D eigenvalue weighted by molar-refractivity contribution is 7.99. The quantitative estimate of drug-likeness (QED) is 0.868. The number of nitrogens with zero attached hydrogens (tertiary/aromatic N) is 1.